The first-order valence-corrected chi connectivity index (χ1v) is 12.7. The van der Waals surface area contributed by atoms with E-state index in [1.165, 1.54) is 6.07 Å². The van der Waals surface area contributed by atoms with Gasteiger partial charge in [0.1, 0.15) is 5.82 Å². The van der Waals surface area contributed by atoms with Crippen molar-refractivity contribution in [3.05, 3.63) is 70.5 Å². The zero-order valence-electron chi connectivity index (χ0n) is 19.9. The molecule has 0 radical (unpaired) electrons. The number of unbranched alkanes of at least 4 members (excludes halogenated alkanes) is 2. The normalized spacial score (nSPS) is 22.0. The summed E-state index contributed by atoms with van der Waals surface area (Å²) in [4.78, 5) is 15.5. The summed E-state index contributed by atoms with van der Waals surface area (Å²) in [5.74, 6) is -0.0160. The van der Waals surface area contributed by atoms with E-state index >= 15 is 0 Å². The number of amides is 1. The fourth-order valence-corrected chi connectivity index (χ4v) is 5.38. The van der Waals surface area contributed by atoms with Crippen LogP contribution >= 0.6 is 11.6 Å². The summed E-state index contributed by atoms with van der Waals surface area (Å²) in [6, 6.07) is 15.0. The topological polar surface area (TPSA) is 53.6 Å². The van der Waals surface area contributed by atoms with Gasteiger partial charge >= 0.3 is 0 Å². The van der Waals surface area contributed by atoms with E-state index in [0.29, 0.717) is 37.1 Å². The number of ether oxygens (including phenoxy) is 1. The van der Waals surface area contributed by atoms with Gasteiger partial charge in [0.05, 0.1) is 5.41 Å². The molecular formula is C27H35ClFN3O2. The number of likely N-dealkylation sites (N-methyl/N-ethyl adjacent to an activating group) is 1. The van der Waals surface area contributed by atoms with Crippen molar-refractivity contribution in [1.29, 1.82) is 0 Å². The molecule has 2 fully saturated rings. The number of hydrogen-bond acceptors (Lipinski definition) is 4. The van der Waals surface area contributed by atoms with E-state index in [1.54, 1.807) is 12.1 Å². The molecule has 34 heavy (non-hydrogen) atoms. The maximum absolute atomic E-state index is 13.6. The number of rotatable bonds is 9. The van der Waals surface area contributed by atoms with Gasteiger partial charge in [-0.25, -0.2) is 4.39 Å². The van der Waals surface area contributed by atoms with Crippen LogP contribution in [0.2, 0.25) is 5.02 Å². The zero-order chi connectivity index (χ0) is 24.0. The van der Waals surface area contributed by atoms with E-state index < -0.39 is 5.41 Å². The van der Waals surface area contributed by atoms with Crippen LogP contribution in [0.3, 0.4) is 0 Å². The van der Waals surface area contributed by atoms with Gasteiger partial charge in [-0.1, -0.05) is 48.7 Å². The number of benzene rings is 2. The van der Waals surface area contributed by atoms with Gasteiger partial charge in [-0.2, -0.15) is 0 Å². The number of nitrogens with one attached hydrogen (secondary N) is 2. The van der Waals surface area contributed by atoms with Crippen LogP contribution in [-0.2, 0) is 14.9 Å². The fraction of sp³-hybridized carbons (Fsp3) is 0.519. The molecule has 2 saturated heterocycles. The van der Waals surface area contributed by atoms with Crippen molar-refractivity contribution < 1.29 is 13.9 Å². The molecule has 2 N–H and O–H groups in total. The van der Waals surface area contributed by atoms with Gasteiger partial charge < -0.3 is 9.64 Å². The largest absolute Gasteiger partial charge is 0.381 e. The summed E-state index contributed by atoms with van der Waals surface area (Å²) in [6.07, 6.45) is 6.54. The molecule has 5 nitrogen and oxygen atoms in total. The van der Waals surface area contributed by atoms with Crippen molar-refractivity contribution in [1.82, 2.24) is 15.8 Å². The number of carbonyl (C=O) groups excluding carboxylic acids is 1. The van der Waals surface area contributed by atoms with Crippen LogP contribution in [0.4, 0.5) is 4.39 Å². The molecule has 0 aliphatic carbocycles. The highest BCUT2D eigenvalue weighted by Gasteiger charge is 2.43. The Labute approximate surface area is 207 Å². The number of halogens is 2. The van der Waals surface area contributed by atoms with Gasteiger partial charge in [0.2, 0.25) is 5.91 Å². The summed E-state index contributed by atoms with van der Waals surface area (Å²) >= 11 is 6.09. The second-order valence-corrected chi connectivity index (χ2v) is 10.0. The molecule has 2 aliphatic heterocycles. The van der Waals surface area contributed by atoms with Crippen LogP contribution in [0.1, 0.15) is 62.1 Å². The van der Waals surface area contributed by atoms with Gasteiger partial charge in [-0.15, -0.1) is 0 Å². The van der Waals surface area contributed by atoms with Gasteiger partial charge in [0.15, 0.2) is 0 Å². The lowest BCUT2D eigenvalue weighted by atomic mass is 9.73. The summed E-state index contributed by atoms with van der Waals surface area (Å²) in [5.41, 5.74) is 8.14. The number of hydrazine groups is 1. The van der Waals surface area contributed by atoms with Crippen LogP contribution < -0.4 is 10.9 Å². The summed E-state index contributed by atoms with van der Waals surface area (Å²) in [7, 11) is 1.92. The Morgan fingerprint density at radius 3 is 2.62 bits per heavy atom. The predicted molar refractivity (Wildman–Crippen MR) is 133 cm³/mol. The van der Waals surface area contributed by atoms with Gasteiger partial charge in [0.25, 0.3) is 0 Å². The Morgan fingerprint density at radius 1 is 1.12 bits per heavy atom. The van der Waals surface area contributed by atoms with Crippen molar-refractivity contribution in [2.75, 3.05) is 26.8 Å². The maximum atomic E-state index is 13.6. The molecular weight excluding hydrogens is 453 g/mol. The van der Waals surface area contributed by atoms with Crippen LogP contribution in [0, 0.1) is 5.82 Å². The molecule has 0 aromatic heterocycles. The second kappa shape index (κ2) is 11.6. The first-order valence-electron chi connectivity index (χ1n) is 12.3. The second-order valence-electron chi connectivity index (χ2n) is 9.61. The van der Waals surface area contributed by atoms with Gasteiger partial charge in [0, 0.05) is 43.9 Å². The molecule has 2 aromatic carbocycles. The minimum atomic E-state index is -0.525. The lowest BCUT2D eigenvalue weighted by Gasteiger charge is -2.39. The Hall–Kier alpha value is -1.99. The van der Waals surface area contributed by atoms with E-state index in [2.05, 4.69) is 10.9 Å². The number of nitrogens with zero attached hydrogens (tertiary/aromatic N) is 1. The van der Waals surface area contributed by atoms with Gasteiger partial charge in [-0.05, 0) is 67.5 Å². The quantitative estimate of drug-likeness (QED) is 0.480. The highest BCUT2D eigenvalue weighted by molar-refractivity contribution is 6.30. The molecule has 2 aromatic rings. The van der Waals surface area contributed by atoms with Crippen LogP contribution in [0.15, 0.2) is 48.5 Å². The molecule has 0 saturated carbocycles. The third-order valence-electron chi connectivity index (χ3n) is 7.28. The van der Waals surface area contributed by atoms with E-state index in [-0.39, 0.29) is 17.8 Å². The molecule has 4 rings (SSSR count). The molecule has 1 amide bonds. The molecule has 7 heteroatoms. The molecule has 0 spiro atoms. The van der Waals surface area contributed by atoms with Crippen molar-refractivity contribution in [2.24, 2.45) is 0 Å². The summed E-state index contributed by atoms with van der Waals surface area (Å²) in [5, 5.41) is 0.681. The minimum Gasteiger partial charge on any atom is -0.381 e. The molecule has 2 unspecified atom stereocenters. The number of hydrogen-bond donors (Lipinski definition) is 2. The first kappa shape index (κ1) is 25.1. The van der Waals surface area contributed by atoms with Crippen molar-refractivity contribution >= 4 is 17.5 Å². The van der Waals surface area contributed by atoms with Crippen molar-refractivity contribution in [2.45, 2.75) is 62.4 Å². The first-order chi connectivity index (χ1) is 16.5. The third-order valence-corrected chi connectivity index (χ3v) is 7.53. The van der Waals surface area contributed by atoms with E-state index in [4.69, 9.17) is 16.3 Å². The van der Waals surface area contributed by atoms with Gasteiger partial charge in [-0.3, -0.25) is 15.6 Å². The molecule has 2 aliphatic rings. The van der Waals surface area contributed by atoms with E-state index in [9.17, 15) is 9.18 Å². The van der Waals surface area contributed by atoms with Crippen LogP contribution in [0.25, 0.3) is 0 Å². The minimum absolute atomic E-state index is 0.146. The number of carbonyl (C=O) groups is 1. The summed E-state index contributed by atoms with van der Waals surface area (Å²) < 4.78 is 19.1. The van der Waals surface area contributed by atoms with E-state index in [1.807, 2.05) is 42.3 Å². The average Bonchev–Trinajstić information content (AvgIpc) is 3.33. The zero-order valence-corrected chi connectivity index (χ0v) is 20.6. The molecule has 2 atom stereocenters. The molecule has 0 bridgehead atoms. The SMILES string of the molecule is CN(CCCCCC1CC(c2cccc(F)c2)NN1)C(=O)C1(c2ccc(Cl)cc2)CCOCC1. The molecule has 2 heterocycles. The highest BCUT2D eigenvalue weighted by Crippen LogP contribution is 2.37. The Bertz CT molecular complexity index is 949. The fourth-order valence-electron chi connectivity index (χ4n) is 5.25. The van der Waals surface area contributed by atoms with Crippen molar-refractivity contribution in [3.8, 4) is 0 Å². The van der Waals surface area contributed by atoms with Crippen LogP contribution in [-0.4, -0.2) is 43.7 Å². The van der Waals surface area contributed by atoms with Crippen molar-refractivity contribution in [3.63, 3.8) is 0 Å². The monoisotopic (exact) mass is 487 g/mol. The standard InChI is InChI=1S/C27H35ClFN3O2/c1-32(26(33)27(13-16-34-17-14-27)21-9-11-22(28)12-10-21)15-4-2-3-8-24-19-25(31-30-24)20-6-5-7-23(29)18-20/h5-7,9-12,18,24-25,30-31H,2-4,8,13-17,19H2,1H3. The maximum Gasteiger partial charge on any atom is 0.233 e. The average molecular weight is 488 g/mol. The van der Waals surface area contributed by atoms with Crippen LogP contribution in [0.5, 0.6) is 0 Å². The Balaban J connectivity index is 1.22. The predicted octanol–water partition coefficient (Wildman–Crippen LogP) is 5.15. The highest BCUT2D eigenvalue weighted by atomic mass is 35.5. The lowest BCUT2D eigenvalue weighted by molar-refractivity contribution is -0.140. The third kappa shape index (κ3) is 5.98. The summed E-state index contributed by atoms with van der Waals surface area (Å²) in [6.45, 7) is 1.94. The molecule has 184 valence electrons. The Kier molecular flexibility index (Phi) is 8.59. The van der Waals surface area contributed by atoms with E-state index in [0.717, 1.165) is 49.8 Å². The lowest BCUT2D eigenvalue weighted by Crippen LogP contribution is -2.48. The smallest absolute Gasteiger partial charge is 0.233 e. The Morgan fingerprint density at radius 2 is 1.88 bits per heavy atom.